The molecule has 2 atom stereocenters. The van der Waals surface area contributed by atoms with Crippen LogP contribution in [0.5, 0.6) is 0 Å². The lowest BCUT2D eigenvalue weighted by Gasteiger charge is -2.29. The molecule has 0 aliphatic heterocycles. The number of aliphatic carboxylic acids is 1. The van der Waals surface area contributed by atoms with Gasteiger partial charge < -0.3 is 10.4 Å². The minimum atomic E-state index is -0.746. The highest BCUT2D eigenvalue weighted by Gasteiger charge is 2.31. The lowest BCUT2D eigenvalue weighted by Crippen LogP contribution is -2.37. The maximum atomic E-state index is 11.2. The Morgan fingerprint density at radius 2 is 1.94 bits per heavy atom. The molecule has 6 nitrogen and oxygen atoms in total. The molecule has 6 heteroatoms. The predicted molar refractivity (Wildman–Crippen MR) is 66.3 cm³/mol. The summed E-state index contributed by atoms with van der Waals surface area (Å²) in [5.41, 5.74) is 1.61. The Balaban J connectivity index is 2.10. The molecule has 1 aliphatic carbocycles. The minimum absolute atomic E-state index is 0.0971. The number of hydrogen-bond acceptors (Lipinski definition) is 5. The molecule has 0 amide bonds. The van der Waals surface area contributed by atoms with Crippen molar-refractivity contribution in [2.24, 2.45) is 5.92 Å². The van der Waals surface area contributed by atoms with Crippen molar-refractivity contribution in [3.63, 3.8) is 0 Å². The lowest BCUT2D eigenvalue weighted by atomic mass is 9.84. The smallest absolute Gasteiger partial charge is 0.308 e. The summed E-state index contributed by atoms with van der Waals surface area (Å²) in [4.78, 5) is 15.5. The summed E-state index contributed by atoms with van der Waals surface area (Å²) in [6.45, 7) is 3.71. The Kier molecular flexibility index (Phi) is 3.74. The monoisotopic (exact) mass is 250 g/mol. The van der Waals surface area contributed by atoms with Crippen molar-refractivity contribution in [3.8, 4) is 0 Å². The van der Waals surface area contributed by atoms with Gasteiger partial charge in [-0.15, -0.1) is 5.10 Å². The van der Waals surface area contributed by atoms with E-state index in [9.17, 15) is 9.90 Å². The summed E-state index contributed by atoms with van der Waals surface area (Å²) in [5.74, 6) is -0.677. The van der Waals surface area contributed by atoms with Crippen molar-refractivity contribution in [1.29, 1.82) is 0 Å². The van der Waals surface area contributed by atoms with Crippen molar-refractivity contribution >= 4 is 11.9 Å². The summed E-state index contributed by atoms with van der Waals surface area (Å²) in [6, 6.07) is -0.0971. The number of nitrogens with one attached hydrogen (secondary N) is 1. The fourth-order valence-corrected chi connectivity index (χ4v) is 2.28. The molecule has 0 aromatic carbocycles. The predicted octanol–water partition coefficient (Wildman–Crippen LogP) is 1.54. The summed E-state index contributed by atoms with van der Waals surface area (Å²) < 4.78 is 0. The SMILES string of the molecule is Cc1nnc(NC2CCCCC2C(=O)O)nc1C. The van der Waals surface area contributed by atoms with Gasteiger partial charge in [-0.2, -0.15) is 5.10 Å². The highest BCUT2D eigenvalue weighted by atomic mass is 16.4. The van der Waals surface area contributed by atoms with E-state index >= 15 is 0 Å². The number of carboxylic acid groups (broad SMARTS) is 1. The van der Waals surface area contributed by atoms with Gasteiger partial charge >= 0.3 is 5.97 Å². The van der Waals surface area contributed by atoms with Crippen LogP contribution in [0.4, 0.5) is 5.95 Å². The zero-order chi connectivity index (χ0) is 13.1. The Bertz CT molecular complexity index is 450. The lowest BCUT2D eigenvalue weighted by molar-refractivity contribution is -0.143. The quantitative estimate of drug-likeness (QED) is 0.846. The van der Waals surface area contributed by atoms with Crippen molar-refractivity contribution in [2.45, 2.75) is 45.6 Å². The molecule has 18 heavy (non-hydrogen) atoms. The first kappa shape index (κ1) is 12.7. The van der Waals surface area contributed by atoms with Crippen LogP contribution in [0, 0.1) is 19.8 Å². The van der Waals surface area contributed by atoms with E-state index < -0.39 is 5.97 Å². The van der Waals surface area contributed by atoms with E-state index in [2.05, 4.69) is 20.5 Å². The maximum absolute atomic E-state index is 11.2. The second-order valence-corrected chi connectivity index (χ2v) is 4.79. The first-order valence-electron chi connectivity index (χ1n) is 6.25. The molecule has 0 radical (unpaired) electrons. The largest absolute Gasteiger partial charge is 0.481 e. The number of nitrogens with zero attached hydrogens (tertiary/aromatic N) is 3. The highest BCUT2D eigenvalue weighted by molar-refractivity contribution is 5.71. The molecule has 1 saturated carbocycles. The summed E-state index contributed by atoms with van der Waals surface area (Å²) in [5, 5.41) is 20.3. The fourth-order valence-electron chi connectivity index (χ4n) is 2.28. The fraction of sp³-hybridized carbons (Fsp3) is 0.667. The van der Waals surface area contributed by atoms with E-state index in [1.165, 1.54) is 0 Å². The van der Waals surface area contributed by atoms with Gasteiger partial charge in [0.1, 0.15) is 0 Å². The molecule has 98 valence electrons. The van der Waals surface area contributed by atoms with E-state index in [-0.39, 0.29) is 12.0 Å². The standard InChI is InChI=1S/C12H18N4O2/c1-7-8(2)15-16-12(13-7)14-10-6-4-3-5-9(10)11(17)18/h9-10H,3-6H2,1-2H3,(H,17,18)(H,13,14,16). The van der Waals surface area contributed by atoms with E-state index in [4.69, 9.17) is 0 Å². The van der Waals surface area contributed by atoms with Crippen LogP contribution in [-0.4, -0.2) is 32.3 Å². The third-order valence-corrected chi connectivity index (χ3v) is 3.49. The van der Waals surface area contributed by atoms with Crippen molar-refractivity contribution in [2.75, 3.05) is 5.32 Å². The van der Waals surface area contributed by atoms with Crippen LogP contribution in [0.1, 0.15) is 37.1 Å². The average Bonchev–Trinajstić information content (AvgIpc) is 2.34. The Hall–Kier alpha value is -1.72. The molecular weight excluding hydrogens is 232 g/mol. The number of aromatic nitrogens is 3. The first-order chi connectivity index (χ1) is 8.58. The summed E-state index contributed by atoms with van der Waals surface area (Å²) in [6.07, 6.45) is 3.57. The summed E-state index contributed by atoms with van der Waals surface area (Å²) >= 11 is 0. The number of hydrogen-bond donors (Lipinski definition) is 2. The number of aryl methyl sites for hydroxylation is 2. The van der Waals surface area contributed by atoms with Crippen molar-refractivity contribution in [3.05, 3.63) is 11.4 Å². The average molecular weight is 250 g/mol. The van der Waals surface area contributed by atoms with Crippen LogP contribution in [0.25, 0.3) is 0 Å². The third kappa shape index (κ3) is 2.75. The zero-order valence-corrected chi connectivity index (χ0v) is 10.7. The van der Waals surface area contributed by atoms with E-state index in [1.807, 2.05) is 13.8 Å². The Labute approximate surface area is 106 Å². The number of carboxylic acids is 1. The van der Waals surface area contributed by atoms with Gasteiger partial charge in [-0.05, 0) is 26.7 Å². The zero-order valence-electron chi connectivity index (χ0n) is 10.7. The van der Waals surface area contributed by atoms with E-state index in [1.54, 1.807) is 0 Å². The molecule has 0 saturated heterocycles. The number of carbonyl (C=O) groups is 1. The first-order valence-corrected chi connectivity index (χ1v) is 6.25. The normalized spacial score (nSPS) is 23.7. The topological polar surface area (TPSA) is 88.0 Å². The number of anilines is 1. The van der Waals surface area contributed by atoms with Gasteiger partial charge in [0.25, 0.3) is 0 Å². The molecule has 1 heterocycles. The van der Waals surface area contributed by atoms with Gasteiger partial charge in [0, 0.05) is 6.04 Å². The second-order valence-electron chi connectivity index (χ2n) is 4.79. The van der Waals surface area contributed by atoms with Crippen LogP contribution in [0.15, 0.2) is 0 Å². The molecule has 0 spiro atoms. The molecule has 1 aromatic rings. The van der Waals surface area contributed by atoms with Gasteiger partial charge in [-0.1, -0.05) is 12.8 Å². The highest BCUT2D eigenvalue weighted by Crippen LogP contribution is 2.26. The van der Waals surface area contributed by atoms with Gasteiger partial charge in [-0.3, -0.25) is 4.79 Å². The molecule has 2 rings (SSSR count). The van der Waals surface area contributed by atoms with Crippen molar-refractivity contribution < 1.29 is 9.90 Å². The van der Waals surface area contributed by atoms with E-state index in [0.717, 1.165) is 30.7 Å². The maximum Gasteiger partial charge on any atom is 0.308 e. The van der Waals surface area contributed by atoms with Crippen LogP contribution in [-0.2, 0) is 4.79 Å². The Morgan fingerprint density at radius 3 is 2.61 bits per heavy atom. The van der Waals surface area contributed by atoms with Gasteiger partial charge in [0.15, 0.2) is 0 Å². The Morgan fingerprint density at radius 1 is 1.22 bits per heavy atom. The molecule has 0 bridgehead atoms. The molecule has 2 N–H and O–H groups in total. The number of rotatable bonds is 3. The van der Waals surface area contributed by atoms with E-state index in [0.29, 0.717) is 12.4 Å². The van der Waals surface area contributed by atoms with Gasteiger partial charge in [0.2, 0.25) is 5.95 Å². The molecule has 2 unspecified atom stereocenters. The van der Waals surface area contributed by atoms with Crippen LogP contribution in [0.2, 0.25) is 0 Å². The van der Waals surface area contributed by atoms with Gasteiger partial charge in [-0.25, -0.2) is 4.98 Å². The molecular formula is C12H18N4O2. The molecule has 1 aliphatic rings. The van der Waals surface area contributed by atoms with Gasteiger partial charge in [0.05, 0.1) is 17.3 Å². The second kappa shape index (κ2) is 5.29. The van der Waals surface area contributed by atoms with Crippen LogP contribution >= 0.6 is 0 Å². The molecule has 1 aromatic heterocycles. The summed E-state index contributed by atoms with van der Waals surface area (Å²) in [7, 11) is 0. The third-order valence-electron chi connectivity index (χ3n) is 3.49. The minimum Gasteiger partial charge on any atom is -0.481 e. The van der Waals surface area contributed by atoms with Crippen molar-refractivity contribution in [1.82, 2.24) is 15.2 Å². The van der Waals surface area contributed by atoms with Crippen LogP contribution < -0.4 is 5.32 Å². The molecule has 1 fully saturated rings. The van der Waals surface area contributed by atoms with Crippen LogP contribution in [0.3, 0.4) is 0 Å².